The lowest BCUT2D eigenvalue weighted by Crippen LogP contribution is -2.29. The van der Waals surface area contributed by atoms with Gasteiger partial charge in [0, 0.05) is 24.7 Å². The van der Waals surface area contributed by atoms with Gasteiger partial charge in [-0.25, -0.2) is 4.98 Å². The van der Waals surface area contributed by atoms with Crippen LogP contribution in [0.25, 0.3) is 0 Å². The topological polar surface area (TPSA) is 41.1 Å². The largest absolute Gasteiger partial charge is 0.354 e. The summed E-state index contributed by atoms with van der Waals surface area (Å²) in [5, 5.41) is 3.79. The van der Waals surface area contributed by atoms with E-state index in [1.807, 2.05) is 0 Å². The van der Waals surface area contributed by atoms with Gasteiger partial charge in [0.1, 0.15) is 11.0 Å². The van der Waals surface area contributed by atoms with Gasteiger partial charge in [0.05, 0.1) is 0 Å². The van der Waals surface area contributed by atoms with Crippen LogP contribution in [0.2, 0.25) is 5.15 Å². The molecule has 17 heavy (non-hydrogen) atoms. The van der Waals surface area contributed by atoms with Gasteiger partial charge in [-0.15, -0.1) is 0 Å². The van der Waals surface area contributed by atoms with Crippen molar-refractivity contribution in [2.75, 3.05) is 23.3 Å². The third kappa shape index (κ3) is 2.46. The average molecular weight is 255 g/mol. The highest BCUT2D eigenvalue weighted by atomic mass is 35.5. The summed E-state index contributed by atoms with van der Waals surface area (Å²) in [6.45, 7) is 8.31. The summed E-state index contributed by atoms with van der Waals surface area (Å²) in [7, 11) is 0. The maximum atomic E-state index is 6.21. The maximum Gasteiger partial charge on any atom is 0.226 e. The predicted molar refractivity (Wildman–Crippen MR) is 72.0 cm³/mol. The summed E-state index contributed by atoms with van der Waals surface area (Å²) >= 11 is 6.21. The van der Waals surface area contributed by atoms with Crippen LogP contribution in [0, 0.1) is 0 Å². The van der Waals surface area contributed by atoms with Crippen LogP contribution in [-0.4, -0.2) is 29.1 Å². The van der Waals surface area contributed by atoms with Gasteiger partial charge in [0.15, 0.2) is 0 Å². The first-order valence-electron chi connectivity index (χ1n) is 6.20. The van der Waals surface area contributed by atoms with E-state index >= 15 is 0 Å². The van der Waals surface area contributed by atoms with E-state index < -0.39 is 0 Å². The van der Waals surface area contributed by atoms with Crippen molar-refractivity contribution in [1.82, 2.24) is 9.97 Å². The SMILES string of the molecule is CCCNc1nc(Cl)c2c(n1)N(C(C)C)CC2. The molecule has 0 amide bonds. The fraction of sp³-hybridized carbons (Fsp3) is 0.667. The lowest BCUT2D eigenvalue weighted by atomic mass is 10.3. The van der Waals surface area contributed by atoms with E-state index in [2.05, 4.69) is 41.0 Å². The molecule has 2 heterocycles. The Morgan fingerprint density at radius 1 is 1.41 bits per heavy atom. The number of anilines is 2. The Morgan fingerprint density at radius 2 is 2.18 bits per heavy atom. The van der Waals surface area contributed by atoms with Crippen LogP contribution in [-0.2, 0) is 6.42 Å². The summed E-state index contributed by atoms with van der Waals surface area (Å²) < 4.78 is 0. The monoisotopic (exact) mass is 254 g/mol. The molecule has 0 radical (unpaired) electrons. The van der Waals surface area contributed by atoms with E-state index in [0.29, 0.717) is 17.1 Å². The van der Waals surface area contributed by atoms with Crippen molar-refractivity contribution < 1.29 is 0 Å². The number of aromatic nitrogens is 2. The molecule has 1 aromatic rings. The molecule has 94 valence electrons. The molecule has 1 aliphatic rings. The van der Waals surface area contributed by atoms with Crippen LogP contribution in [0.5, 0.6) is 0 Å². The zero-order chi connectivity index (χ0) is 12.4. The molecular weight excluding hydrogens is 236 g/mol. The molecule has 0 aliphatic carbocycles. The Labute approximate surface area is 107 Å². The first kappa shape index (κ1) is 12.4. The maximum absolute atomic E-state index is 6.21. The number of rotatable bonds is 4. The van der Waals surface area contributed by atoms with Gasteiger partial charge in [-0.1, -0.05) is 18.5 Å². The van der Waals surface area contributed by atoms with Gasteiger partial charge in [-0.05, 0) is 26.7 Å². The molecule has 5 heteroatoms. The molecule has 0 saturated heterocycles. The average Bonchev–Trinajstić information content (AvgIpc) is 2.70. The first-order valence-corrected chi connectivity index (χ1v) is 6.58. The van der Waals surface area contributed by atoms with Crippen molar-refractivity contribution in [2.45, 2.75) is 39.7 Å². The summed E-state index contributed by atoms with van der Waals surface area (Å²) in [6, 6.07) is 0.446. The second-order valence-corrected chi connectivity index (χ2v) is 4.96. The summed E-state index contributed by atoms with van der Waals surface area (Å²) in [5.41, 5.74) is 1.09. The molecule has 0 spiro atoms. The fourth-order valence-corrected chi connectivity index (χ4v) is 2.31. The molecule has 0 saturated carbocycles. The van der Waals surface area contributed by atoms with Crippen molar-refractivity contribution >= 4 is 23.4 Å². The lowest BCUT2D eigenvalue weighted by molar-refractivity contribution is 0.703. The zero-order valence-electron chi connectivity index (χ0n) is 10.6. The van der Waals surface area contributed by atoms with Crippen molar-refractivity contribution in [3.05, 3.63) is 10.7 Å². The molecule has 1 N–H and O–H groups in total. The number of fused-ring (bicyclic) bond motifs is 1. The van der Waals surface area contributed by atoms with E-state index in [-0.39, 0.29) is 0 Å². The van der Waals surface area contributed by atoms with Gasteiger partial charge < -0.3 is 10.2 Å². The summed E-state index contributed by atoms with van der Waals surface area (Å²) in [5.74, 6) is 1.64. The van der Waals surface area contributed by atoms with Gasteiger partial charge in [-0.2, -0.15) is 4.98 Å². The van der Waals surface area contributed by atoms with E-state index in [1.54, 1.807) is 0 Å². The van der Waals surface area contributed by atoms with Crippen molar-refractivity contribution in [3.8, 4) is 0 Å². The minimum Gasteiger partial charge on any atom is -0.354 e. The highest BCUT2D eigenvalue weighted by Gasteiger charge is 2.26. The molecule has 0 bridgehead atoms. The minimum absolute atomic E-state index is 0.446. The van der Waals surface area contributed by atoms with E-state index in [0.717, 1.165) is 37.3 Å². The Balaban J connectivity index is 2.30. The Kier molecular flexibility index (Phi) is 3.72. The Hall–Kier alpha value is -1.03. The summed E-state index contributed by atoms with van der Waals surface area (Å²) in [4.78, 5) is 11.1. The van der Waals surface area contributed by atoms with Crippen molar-refractivity contribution in [2.24, 2.45) is 0 Å². The van der Waals surface area contributed by atoms with Crippen molar-refractivity contribution in [3.63, 3.8) is 0 Å². The van der Waals surface area contributed by atoms with Crippen LogP contribution in [0.4, 0.5) is 11.8 Å². The van der Waals surface area contributed by atoms with Crippen LogP contribution >= 0.6 is 11.6 Å². The van der Waals surface area contributed by atoms with Gasteiger partial charge in [0.2, 0.25) is 5.95 Å². The van der Waals surface area contributed by atoms with Gasteiger partial charge in [0.25, 0.3) is 0 Å². The van der Waals surface area contributed by atoms with Crippen LogP contribution in [0.3, 0.4) is 0 Å². The van der Waals surface area contributed by atoms with E-state index in [9.17, 15) is 0 Å². The molecule has 2 rings (SSSR count). The zero-order valence-corrected chi connectivity index (χ0v) is 11.4. The van der Waals surface area contributed by atoms with Crippen LogP contribution in [0.1, 0.15) is 32.8 Å². The first-order chi connectivity index (χ1) is 8.13. The second-order valence-electron chi connectivity index (χ2n) is 4.60. The Bertz CT molecular complexity index is 406. The minimum atomic E-state index is 0.446. The quantitative estimate of drug-likeness (QED) is 0.839. The predicted octanol–water partition coefficient (Wildman–Crippen LogP) is 2.72. The molecule has 0 fully saturated rings. The van der Waals surface area contributed by atoms with Gasteiger partial charge in [-0.3, -0.25) is 0 Å². The molecule has 4 nitrogen and oxygen atoms in total. The third-order valence-electron chi connectivity index (χ3n) is 2.97. The Morgan fingerprint density at radius 3 is 2.82 bits per heavy atom. The molecule has 1 aromatic heterocycles. The van der Waals surface area contributed by atoms with E-state index in [1.165, 1.54) is 0 Å². The number of hydrogen-bond donors (Lipinski definition) is 1. The van der Waals surface area contributed by atoms with Crippen LogP contribution in [0.15, 0.2) is 0 Å². The molecule has 0 unspecified atom stereocenters. The third-order valence-corrected chi connectivity index (χ3v) is 3.28. The van der Waals surface area contributed by atoms with Crippen LogP contribution < -0.4 is 10.2 Å². The summed E-state index contributed by atoms with van der Waals surface area (Å²) in [6.07, 6.45) is 1.99. The highest BCUT2D eigenvalue weighted by Crippen LogP contribution is 2.32. The highest BCUT2D eigenvalue weighted by molar-refractivity contribution is 6.30. The fourth-order valence-electron chi connectivity index (χ4n) is 2.05. The number of nitrogens with zero attached hydrogens (tertiary/aromatic N) is 3. The number of halogens is 1. The van der Waals surface area contributed by atoms with Gasteiger partial charge >= 0.3 is 0 Å². The smallest absolute Gasteiger partial charge is 0.226 e. The standard InChI is InChI=1S/C12H19ClN4/c1-4-6-14-12-15-10(13)9-5-7-17(8(2)3)11(9)16-12/h8H,4-7H2,1-3H3,(H,14,15,16). The molecule has 1 aliphatic heterocycles. The molecule has 0 atom stereocenters. The normalized spacial score (nSPS) is 14.3. The molecular formula is C12H19ClN4. The second kappa shape index (κ2) is 5.08. The van der Waals surface area contributed by atoms with E-state index in [4.69, 9.17) is 11.6 Å². The lowest BCUT2D eigenvalue weighted by Gasteiger charge is -2.23. The molecule has 0 aromatic carbocycles. The number of nitrogens with one attached hydrogen (secondary N) is 1. The number of hydrogen-bond acceptors (Lipinski definition) is 4. The van der Waals surface area contributed by atoms with Crippen molar-refractivity contribution in [1.29, 1.82) is 0 Å².